The van der Waals surface area contributed by atoms with Gasteiger partial charge in [-0.15, -0.1) is 0 Å². The fourth-order valence-corrected chi connectivity index (χ4v) is 2.53. The molecule has 3 N–H and O–H groups in total. The average Bonchev–Trinajstić information content (AvgIpc) is 2.61. The third kappa shape index (κ3) is 15.3. The van der Waals surface area contributed by atoms with Crippen LogP contribution >= 0.6 is 0 Å². The third-order valence-corrected chi connectivity index (χ3v) is 3.79. The summed E-state index contributed by atoms with van der Waals surface area (Å²) in [6, 6.07) is 7.71. The maximum atomic E-state index is 9.65. The van der Waals surface area contributed by atoms with E-state index in [0.29, 0.717) is 5.75 Å². The Morgan fingerprint density at radius 1 is 0.826 bits per heavy atom. The van der Waals surface area contributed by atoms with E-state index in [4.69, 9.17) is 4.79 Å². The fraction of sp³-hybridized carbons (Fsp3) is 0.650. The highest BCUT2D eigenvalue weighted by Crippen LogP contribution is 2.19. The molecule has 0 saturated carbocycles. The lowest BCUT2D eigenvalue weighted by atomic mass is 10.0. The van der Waals surface area contributed by atoms with E-state index >= 15 is 0 Å². The molecule has 0 heterocycles. The topological polar surface area (TPSA) is 63.3 Å². The predicted octanol–water partition coefficient (Wildman–Crippen LogP) is 5.25. The van der Waals surface area contributed by atoms with Crippen molar-refractivity contribution in [3.63, 3.8) is 0 Å². The van der Waals surface area contributed by atoms with Gasteiger partial charge >= 0.3 is 0 Å². The molecule has 0 spiro atoms. The van der Waals surface area contributed by atoms with E-state index in [1.807, 2.05) is 25.0 Å². The van der Waals surface area contributed by atoms with Gasteiger partial charge in [-0.3, -0.25) is 0 Å². The summed E-state index contributed by atoms with van der Waals surface area (Å²) < 4.78 is 0. The monoisotopic (exact) mass is 323 g/mol. The van der Waals surface area contributed by atoms with Crippen LogP contribution in [-0.4, -0.2) is 18.9 Å². The molecule has 1 aromatic rings. The Bertz CT molecular complexity index is 342. The Balaban J connectivity index is 0. The summed E-state index contributed by atoms with van der Waals surface area (Å²) in [5.41, 5.74) is 5.60. The molecule has 23 heavy (non-hydrogen) atoms. The molecule has 0 atom stereocenters. The Hall–Kier alpha value is -1.35. The highest BCUT2D eigenvalue weighted by Gasteiger charge is 1.99. The van der Waals surface area contributed by atoms with Gasteiger partial charge in [0.05, 0.1) is 0 Å². The van der Waals surface area contributed by atoms with Gasteiger partial charge in [-0.1, -0.05) is 82.9 Å². The van der Waals surface area contributed by atoms with Crippen molar-refractivity contribution < 1.29 is 9.90 Å². The molecule has 1 rings (SSSR count). The van der Waals surface area contributed by atoms with Gasteiger partial charge in [0.2, 0.25) is 0 Å². The van der Waals surface area contributed by atoms with E-state index in [2.05, 4.69) is 12.7 Å². The lowest BCUT2D eigenvalue weighted by Crippen LogP contribution is -1.87. The highest BCUT2D eigenvalue weighted by molar-refractivity contribution is 5.31. The molecule has 0 aliphatic heterocycles. The van der Waals surface area contributed by atoms with Gasteiger partial charge in [0.1, 0.15) is 12.5 Å². The fourth-order valence-electron chi connectivity index (χ4n) is 2.53. The zero-order valence-electron chi connectivity index (χ0n) is 15.2. The molecule has 0 fully saturated rings. The Labute approximate surface area is 143 Å². The average molecular weight is 324 g/mol. The molecule has 0 bridgehead atoms. The highest BCUT2D eigenvalue weighted by atomic mass is 16.3. The van der Waals surface area contributed by atoms with Crippen LogP contribution in [-0.2, 0) is 11.2 Å². The number of nitrogens with two attached hydrogens (primary N) is 1. The standard InChI is InChI=1S/C18H30O.CH5N.CH2O/c1-2-3-4-5-6-7-8-9-10-11-14-17-15-12-13-16-18(17)19;2*1-2/h12-13,15-16,19H,2-11,14H2,1H3;2H2,1H3;1H2. The maximum absolute atomic E-state index is 9.65. The SMILES string of the molecule is C=O.CCCCCCCCCCCCc1ccccc1O.CN. The minimum absolute atomic E-state index is 0.457. The number of para-hydroxylation sites is 1. The molecular weight excluding hydrogens is 286 g/mol. The van der Waals surface area contributed by atoms with Crippen molar-refractivity contribution in [1.29, 1.82) is 0 Å². The van der Waals surface area contributed by atoms with Crippen LogP contribution in [0.2, 0.25) is 0 Å². The van der Waals surface area contributed by atoms with Crippen molar-refractivity contribution in [2.45, 2.75) is 77.6 Å². The summed E-state index contributed by atoms with van der Waals surface area (Å²) >= 11 is 0. The number of unbranched alkanes of at least 4 members (excludes halogenated alkanes) is 9. The number of phenols is 1. The molecular formula is C20H37NO2. The first kappa shape index (κ1) is 23.9. The van der Waals surface area contributed by atoms with Gasteiger partial charge in [-0.2, -0.15) is 0 Å². The van der Waals surface area contributed by atoms with Gasteiger partial charge in [0, 0.05) is 0 Å². The summed E-state index contributed by atoms with van der Waals surface area (Å²) in [5, 5.41) is 9.65. The van der Waals surface area contributed by atoms with E-state index in [1.165, 1.54) is 71.3 Å². The molecule has 3 heteroatoms. The molecule has 0 unspecified atom stereocenters. The molecule has 0 aliphatic rings. The summed E-state index contributed by atoms with van der Waals surface area (Å²) in [5.74, 6) is 0.457. The molecule has 0 aliphatic carbocycles. The Morgan fingerprint density at radius 3 is 1.74 bits per heavy atom. The minimum Gasteiger partial charge on any atom is -0.508 e. The van der Waals surface area contributed by atoms with Gasteiger partial charge in [-0.05, 0) is 31.5 Å². The second-order valence-corrected chi connectivity index (χ2v) is 5.56. The van der Waals surface area contributed by atoms with E-state index in [9.17, 15) is 5.11 Å². The van der Waals surface area contributed by atoms with Crippen molar-refractivity contribution in [2.75, 3.05) is 7.05 Å². The van der Waals surface area contributed by atoms with E-state index in [0.717, 1.165) is 12.0 Å². The predicted molar refractivity (Wildman–Crippen MR) is 101 cm³/mol. The second-order valence-electron chi connectivity index (χ2n) is 5.56. The molecule has 0 amide bonds. The van der Waals surface area contributed by atoms with Crippen LogP contribution in [0.25, 0.3) is 0 Å². The lowest BCUT2D eigenvalue weighted by molar-refractivity contribution is -0.0979. The van der Waals surface area contributed by atoms with Gasteiger partial charge in [0.15, 0.2) is 0 Å². The molecule has 1 aromatic carbocycles. The molecule has 0 radical (unpaired) electrons. The van der Waals surface area contributed by atoms with Crippen molar-refractivity contribution in [2.24, 2.45) is 5.73 Å². The number of rotatable bonds is 11. The first-order valence-electron chi connectivity index (χ1n) is 8.98. The van der Waals surface area contributed by atoms with Crippen LogP contribution in [0.3, 0.4) is 0 Å². The minimum atomic E-state index is 0.457. The number of aryl methyl sites for hydroxylation is 1. The van der Waals surface area contributed by atoms with Crippen LogP contribution in [0, 0.1) is 0 Å². The van der Waals surface area contributed by atoms with E-state index < -0.39 is 0 Å². The first-order chi connectivity index (χ1) is 11.3. The summed E-state index contributed by atoms with van der Waals surface area (Å²) in [6.45, 7) is 4.27. The van der Waals surface area contributed by atoms with Crippen molar-refractivity contribution in [3.8, 4) is 5.75 Å². The van der Waals surface area contributed by atoms with Crippen LogP contribution in [0.5, 0.6) is 5.75 Å². The molecule has 3 nitrogen and oxygen atoms in total. The molecule has 0 aromatic heterocycles. The number of benzene rings is 1. The van der Waals surface area contributed by atoms with Gasteiger partial charge < -0.3 is 15.6 Å². The largest absolute Gasteiger partial charge is 0.508 e. The maximum Gasteiger partial charge on any atom is 0.118 e. The number of carbonyl (C=O) groups is 1. The van der Waals surface area contributed by atoms with Crippen LogP contribution in [0.1, 0.15) is 76.7 Å². The number of hydrogen-bond acceptors (Lipinski definition) is 3. The summed E-state index contributed by atoms with van der Waals surface area (Å²) in [7, 11) is 1.50. The van der Waals surface area contributed by atoms with Crippen LogP contribution < -0.4 is 5.73 Å². The van der Waals surface area contributed by atoms with E-state index in [-0.39, 0.29) is 0 Å². The zero-order valence-corrected chi connectivity index (χ0v) is 15.2. The quantitative estimate of drug-likeness (QED) is 0.547. The third-order valence-electron chi connectivity index (χ3n) is 3.79. The van der Waals surface area contributed by atoms with E-state index in [1.54, 1.807) is 6.07 Å². The zero-order chi connectivity index (χ0) is 17.8. The Kier molecular flexibility index (Phi) is 21.5. The van der Waals surface area contributed by atoms with Crippen molar-refractivity contribution >= 4 is 6.79 Å². The van der Waals surface area contributed by atoms with Crippen molar-refractivity contribution in [1.82, 2.24) is 0 Å². The lowest BCUT2D eigenvalue weighted by Gasteiger charge is -2.04. The van der Waals surface area contributed by atoms with Gasteiger partial charge in [-0.25, -0.2) is 0 Å². The molecule has 134 valence electrons. The normalized spacial score (nSPS) is 9.35. The number of aromatic hydroxyl groups is 1. The number of carbonyl (C=O) groups excluding carboxylic acids is 1. The summed E-state index contributed by atoms with van der Waals surface area (Å²) in [6.07, 6.45) is 14.6. The second kappa shape index (κ2) is 20.6. The summed E-state index contributed by atoms with van der Waals surface area (Å²) in [4.78, 5) is 8.00. The van der Waals surface area contributed by atoms with Crippen LogP contribution in [0.4, 0.5) is 0 Å². The molecule has 0 saturated heterocycles. The number of phenolic OH excluding ortho intramolecular Hbond substituents is 1. The van der Waals surface area contributed by atoms with Gasteiger partial charge in [0.25, 0.3) is 0 Å². The van der Waals surface area contributed by atoms with Crippen LogP contribution in [0.15, 0.2) is 24.3 Å². The Morgan fingerprint density at radius 2 is 1.26 bits per heavy atom. The first-order valence-corrected chi connectivity index (χ1v) is 8.98. The number of hydrogen-bond donors (Lipinski definition) is 2. The smallest absolute Gasteiger partial charge is 0.118 e. The van der Waals surface area contributed by atoms with Crippen molar-refractivity contribution in [3.05, 3.63) is 29.8 Å².